The van der Waals surface area contributed by atoms with Crippen LogP contribution in [-0.4, -0.2) is 25.4 Å². The first kappa shape index (κ1) is 14.0. The summed E-state index contributed by atoms with van der Waals surface area (Å²) >= 11 is 0. The van der Waals surface area contributed by atoms with Gasteiger partial charge in [-0.2, -0.15) is 0 Å². The number of benzene rings is 1. The molecule has 17 heavy (non-hydrogen) atoms. The summed E-state index contributed by atoms with van der Waals surface area (Å²) in [6.07, 6.45) is 0.992. The van der Waals surface area contributed by atoms with E-state index in [1.807, 2.05) is 0 Å². The van der Waals surface area contributed by atoms with Crippen LogP contribution in [0, 0.1) is 0 Å². The van der Waals surface area contributed by atoms with Gasteiger partial charge in [-0.15, -0.1) is 13.7 Å². The first-order valence-electron chi connectivity index (χ1n) is 5.59. The van der Waals surface area contributed by atoms with E-state index in [4.69, 9.17) is 9.47 Å². The smallest absolute Gasteiger partial charge is 0.129 e. The van der Waals surface area contributed by atoms with Gasteiger partial charge in [0.05, 0.1) is 14.2 Å². The topological polar surface area (TPSA) is 41.5 Å². The summed E-state index contributed by atoms with van der Waals surface area (Å²) < 4.78 is 10.3. The van der Waals surface area contributed by atoms with E-state index in [0.717, 1.165) is 14.6 Å². The molecular weight excluding hydrogens is 235 g/mol. The molecule has 0 spiro atoms. The average Bonchev–Trinajstić information content (AvgIpc) is 2.37. The Kier molecular flexibility index (Phi) is 5.46. The summed E-state index contributed by atoms with van der Waals surface area (Å²) in [6, 6.07) is 5.27. The quantitative estimate of drug-likeness (QED) is 0.756. The third kappa shape index (κ3) is 3.72. The SMILES string of the molecule is CCC(C)P=C([O-])c1ccc(OC)cc1OC. The van der Waals surface area contributed by atoms with Crippen LogP contribution in [0.4, 0.5) is 0 Å². The lowest BCUT2D eigenvalue weighted by Crippen LogP contribution is -2.18. The van der Waals surface area contributed by atoms with E-state index < -0.39 is 0 Å². The van der Waals surface area contributed by atoms with Crippen molar-refractivity contribution in [2.45, 2.75) is 25.9 Å². The van der Waals surface area contributed by atoms with Gasteiger partial charge in [0, 0.05) is 11.6 Å². The number of ether oxygens (including phenoxy) is 2. The van der Waals surface area contributed by atoms with Gasteiger partial charge in [0.25, 0.3) is 0 Å². The minimum atomic E-state index is 0.0962. The van der Waals surface area contributed by atoms with Gasteiger partial charge < -0.3 is 14.6 Å². The molecule has 0 amide bonds. The Hall–Kier alpha value is -1.05. The minimum absolute atomic E-state index is 0.0962. The van der Waals surface area contributed by atoms with Crippen molar-refractivity contribution < 1.29 is 14.6 Å². The second kappa shape index (κ2) is 6.63. The van der Waals surface area contributed by atoms with Crippen molar-refractivity contribution in [1.29, 1.82) is 0 Å². The highest BCUT2D eigenvalue weighted by atomic mass is 31.1. The van der Waals surface area contributed by atoms with Crippen LogP contribution in [0.15, 0.2) is 18.2 Å². The largest absolute Gasteiger partial charge is 0.823 e. The summed E-state index contributed by atoms with van der Waals surface area (Å²) in [7, 11) is 3.97. The fourth-order valence-electron chi connectivity index (χ4n) is 1.34. The fourth-order valence-corrected chi connectivity index (χ4v) is 2.24. The predicted octanol–water partition coefficient (Wildman–Crippen LogP) is 2.29. The van der Waals surface area contributed by atoms with E-state index in [1.54, 1.807) is 32.4 Å². The van der Waals surface area contributed by atoms with E-state index in [9.17, 15) is 5.11 Å². The normalized spacial score (nSPS) is 13.4. The first-order valence-corrected chi connectivity index (χ1v) is 6.56. The van der Waals surface area contributed by atoms with Crippen LogP contribution in [0.25, 0.3) is 0 Å². The van der Waals surface area contributed by atoms with Crippen molar-refractivity contribution in [3.8, 4) is 11.5 Å². The number of hydrogen-bond acceptors (Lipinski definition) is 3. The van der Waals surface area contributed by atoms with Crippen molar-refractivity contribution in [2.24, 2.45) is 0 Å². The average molecular weight is 253 g/mol. The first-order chi connectivity index (χ1) is 8.12. The molecule has 1 rings (SSSR count). The number of rotatable bonds is 5. The molecule has 1 aromatic rings. The van der Waals surface area contributed by atoms with Crippen molar-refractivity contribution in [2.75, 3.05) is 14.2 Å². The molecule has 0 heterocycles. The van der Waals surface area contributed by atoms with Crippen molar-refractivity contribution in [3.05, 3.63) is 23.8 Å². The van der Waals surface area contributed by atoms with Crippen molar-refractivity contribution in [3.63, 3.8) is 0 Å². The Bertz CT molecular complexity index is 402. The summed E-state index contributed by atoms with van der Waals surface area (Å²) in [4.78, 5) is 0. The van der Waals surface area contributed by atoms with E-state index in [0.29, 0.717) is 22.7 Å². The van der Waals surface area contributed by atoms with Crippen LogP contribution in [0.5, 0.6) is 11.5 Å². The maximum absolute atomic E-state index is 12.1. The molecule has 1 aromatic carbocycles. The summed E-state index contributed by atoms with van der Waals surface area (Å²) in [5, 5.41) is 12.1. The Morgan fingerprint density at radius 1 is 1.35 bits per heavy atom. The molecule has 1 unspecified atom stereocenters. The predicted molar refractivity (Wildman–Crippen MR) is 70.3 cm³/mol. The highest BCUT2D eigenvalue weighted by molar-refractivity contribution is 7.41. The molecule has 0 aliphatic carbocycles. The third-order valence-corrected chi connectivity index (χ3v) is 3.85. The van der Waals surface area contributed by atoms with E-state index in [1.165, 1.54) is 0 Å². The van der Waals surface area contributed by atoms with Crippen molar-refractivity contribution in [1.82, 2.24) is 0 Å². The van der Waals surface area contributed by atoms with E-state index in [-0.39, 0.29) is 5.48 Å². The molecule has 0 aromatic heterocycles. The van der Waals surface area contributed by atoms with Crippen LogP contribution in [0.1, 0.15) is 25.8 Å². The maximum atomic E-state index is 12.1. The molecule has 1 atom stereocenters. The summed E-state index contributed by atoms with van der Waals surface area (Å²) in [6.45, 7) is 4.14. The lowest BCUT2D eigenvalue weighted by Gasteiger charge is -2.18. The Labute approximate surface area is 104 Å². The van der Waals surface area contributed by atoms with E-state index in [2.05, 4.69) is 13.8 Å². The molecule has 0 aliphatic heterocycles. The zero-order valence-electron chi connectivity index (χ0n) is 10.7. The highest BCUT2D eigenvalue weighted by Gasteiger charge is 2.04. The maximum Gasteiger partial charge on any atom is 0.129 e. The van der Waals surface area contributed by atoms with Crippen molar-refractivity contribution >= 4 is 13.7 Å². The summed E-state index contributed by atoms with van der Waals surface area (Å²) in [5.74, 6) is 1.27. The standard InChI is InChI=1S/C13H19O3P/c1-5-9(2)17-13(14)11-7-6-10(15-3)8-12(11)16-4/h6-9,14H,5H2,1-4H3/p-1. The molecule has 94 valence electrons. The molecule has 4 heteroatoms. The Morgan fingerprint density at radius 2 is 2.06 bits per heavy atom. The molecule has 0 N–H and O–H groups in total. The molecule has 0 saturated heterocycles. The van der Waals surface area contributed by atoms with Gasteiger partial charge in [-0.25, -0.2) is 0 Å². The Balaban J connectivity index is 3.08. The third-order valence-electron chi connectivity index (χ3n) is 2.57. The number of hydrogen-bond donors (Lipinski definition) is 0. The Morgan fingerprint density at radius 3 is 2.59 bits per heavy atom. The van der Waals surface area contributed by atoms with Crippen LogP contribution < -0.4 is 14.6 Å². The molecule has 0 fully saturated rings. The van der Waals surface area contributed by atoms with Gasteiger partial charge in [-0.05, 0) is 24.2 Å². The lowest BCUT2D eigenvalue weighted by atomic mass is 10.2. The fraction of sp³-hybridized carbons (Fsp3) is 0.462. The molecule has 0 radical (unpaired) electrons. The summed E-state index contributed by atoms with van der Waals surface area (Å²) in [5.41, 5.74) is 1.09. The lowest BCUT2D eigenvalue weighted by molar-refractivity contribution is -0.207. The van der Waals surface area contributed by atoms with Gasteiger partial charge in [-0.3, -0.25) is 0 Å². The van der Waals surface area contributed by atoms with Gasteiger partial charge in [0.15, 0.2) is 0 Å². The van der Waals surface area contributed by atoms with Crippen LogP contribution in [-0.2, 0) is 0 Å². The van der Waals surface area contributed by atoms with E-state index >= 15 is 0 Å². The molecule has 0 bridgehead atoms. The molecule has 0 saturated carbocycles. The minimum Gasteiger partial charge on any atom is -0.823 e. The monoisotopic (exact) mass is 253 g/mol. The second-order valence-electron chi connectivity index (χ2n) is 3.76. The zero-order valence-corrected chi connectivity index (χ0v) is 11.6. The van der Waals surface area contributed by atoms with Gasteiger partial charge in [0.1, 0.15) is 11.5 Å². The van der Waals surface area contributed by atoms with Gasteiger partial charge in [0.2, 0.25) is 0 Å². The highest BCUT2D eigenvalue weighted by Crippen LogP contribution is 2.26. The van der Waals surface area contributed by atoms with Gasteiger partial charge in [-0.1, -0.05) is 13.8 Å². The zero-order chi connectivity index (χ0) is 12.8. The molecule has 0 aliphatic rings. The molecule has 3 nitrogen and oxygen atoms in total. The molecular formula is C13H18O3P-. The van der Waals surface area contributed by atoms with Gasteiger partial charge >= 0.3 is 0 Å². The van der Waals surface area contributed by atoms with Crippen LogP contribution in [0.3, 0.4) is 0 Å². The van der Waals surface area contributed by atoms with Crippen LogP contribution >= 0.6 is 8.20 Å². The van der Waals surface area contributed by atoms with Crippen LogP contribution in [0.2, 0.25) is 0 Å². The number of methoxy groups -OCH3 is 2. The second-order valence-corrected chi connectivity index (χ2v) is 5.30.